The Hall–Kier alpha value is -2.43. The number of halogens is 1. The van der Waals surface area contributed by atoms with Gasteiger partial charge in [0.15, 0.2) is 5.69 Å². The van der Waals surface area contributed by atoms with Crippen molar-refractivity contribution in [1.29, 1.82) is 0 Å². The Labute approximate surface area is 103 Å². The first-order valence-electron chi connectivity index (χ1n) is 5.29. The van der Waals surface area contributed by atoms with E-state index in [2.05, 4.69) is 10.3 Å². The van der Waals surface area contributed by atoms with Crippen molar-refractivity contribution < 1.29 is 14.3 Å². The average molecular weight is 246 g/mol. The maximum atomic E-state index is 13.2. The molecule has 0 saturated heterocycles. The van der Waals surface area contributed by atoms with Gasteiger partial charge in [0.1, 0.15) is 11.6 Å². The molecule has 0 aliphatic carbocycles. The topological polar surface area (TPSA) is 62.2 Å². The summed E-state index contributed by atoms with van der Waals surface area (Å²) in [4.78, 5) is 14.7. The van der Waals surface area contributed by atoms with Crippen LogP contribution in [0.15, 0.2) is 36.4 Å². The van der Waals surface area contributed by atoms with Gasteiger partial charge in [-0.2, -0.15) is 0 Å². The van der Waals surface area contributed by atoms with Crippen molar-refractivity contribution in [2.75, 3.05) is 5.32 Å². The number of nitrogens with zero attached hydrogens (tertiary/aromatic N) is 1. The fourth-order valence-electron chi connectivity index (χ4n) is 1.58. The van der Waals surface area contributed by atoms with E-state index in [1.54, 1.807) is 25.1 Å². The van der Waals surface area contributed by atoms with E-state index in [4.69, 9.17) is 5.11 Å². The molecule has 0 bridgehead atoms. The van der Waals surface area contributed by atoms with Crippen LogP contribution in [0.3, 0.4) is 0 Å². The van der Waals surface area contributed by atoms with Gasteiger partial charge < -0.3 is 10.4 Å². The van der Waals surface area contributed by atoms with Gasteiger partial charge in [-0.1, -0.05) is 6.07 Å². The van der Waals surface area contributed by atoms with Crippen LogP contribution >= 0.6 is 0 Å². The standard InChI is InChI=1S/C13H11FN2O2/c1-8-5-9(14)7-10(6-8)15-12-4-2-3-11(16-12)13(17)18/h2-7H,1H3,(H,15,16)(H,17,18). The second-order valence-electron chi connectivity index (χ2n) is 3.86. The Morgan fingerprint density at radius 1 is 1.33 bits per heavy atom. The summed E-state index contributed by atoms with van der Waals surface area (Å²) >= 11 is 0. The van der Waals surface area contributed by atoms with Crippen LogP contribution in [0.25, 0.3) is 0 Å². The van der Waals surface area contributed by atoms with Crippen LogP contribution in [0.4, 0.5) is 15.9 Å². The van der Waals surface area contributed by atoms with E-state index in [1.807, 2.05) is 0 Å². The lowest BCUT2D eigenvalue weighted by molar-refractivity contribution is 0.0690. The summed E-state index contributed by atoms with van der Waals surface area (Å²) in [5, 5.41) is 11.7. The molecule has 4 nitrogen and oxygen atoms in total. The van der Waals surface area contributed by atoms with Gasteiger partial charge in [-0.15, -0.1) is 0 Å². The zero-order chi connectivity index (χ0) is 13.1. The highest BCUT2D eigenvalue weighted by atomic mass is 19.1. The summed E-state index contributed by atoms with van der Waals surface area (Å²) in [5.74, 6) is -1.10. The molecule has 1 aromatic heterocycles. The molecule has 0 unspecified atom stereocenters. The predicted octanol–water partition coefficient (Wildman–Crippen LogP) is 2.97. The van der Waals surface area contributed by atoms with Gasteiger partial charge in [0.05, 0.1) is 0 Å². The SMILES string of the molecule is Cc1cc(F)cc(Nc2cccc(C(=O)O)n2)c1. The number of rotatable bonds is 3. The maximum absolute atomic E-state index is 13.2. The molecule has 0 spiro atoms. The van der Waals surface area contributed by atoms with Gasteiger partial charge >= 0.3 is 5.97 Å². The lowest BCUT2D eigenvalue weighted by Crippen LogP contribution is -2.02. The van der Waals surface area contributed by atoms with E-state index < -0.39 is 5.97 Å². The van der Waals surface area contributed by atoms with Crippen LogP contribution in [-0.4, -0.2) is 16.1 Å². The first-order chi connectivity index (χ1) is 8.54. The average Bonchev–Trinajstić information content (AvgIpc) is 2.27. The molecule has 0 saturated carbocycles. The van der Waals surface area contributed by atoms with Crippen molar-refractivity contribution >= 4 is 17.5 Å². The van der Waals surface area contributed by atoms with Gasteiger partial charge in [0.25, 0.3) is 0 Å². The fourth-order valence-corrected chi connectivity index (χ4v) is 1.58. The third kappa shape index (κ3) is 2.82. The Balaban J connectivity index is 2.28. The van der Waals surface area contributed by atoms with Crippen molar-refractivity contribution in [2.45, 2.75) is 6.92 Å². The highest BCUT2D eigenvalue weighted by Gasteiger charge is 2.05. The molecule has 2 aromatic rings. The third-order valence-corrected chi connectivity index (χ3v) is 2.28. The first kappa shape index (κ1) is 12.0. The van der Waals surface area contributed by atoms with Crippen molar-refractivity contribution in [1.82, 2.24) is 4.98 Å². The fraction of sp³-hybridized carbons (Fsp3) is 0.0769. The summed E-state index contributed by atoms with van der Waals surface area (Å²) in [6, 6.07) is 9.06. The number of hydrogen-bond acceptors (Lipinski definition) is 3. The van der Waals surface area contributed by atoms with E-state index in [1.165, 1.54) is 18.2 Å². The van der Waals surface area contributed by atoms with E-state index in [9.17, 15) is 9.18 Å². The summed E-state index contributed by atoms with van der Waals surface area (Å²) in [5.41, 5.74) is 1.24. The number of aryl methyl sites for hydroxylation is 1. The van der Waals surface area contributed by atoms with Crippen LogP contribution in [-0.2, 0) is 0 Å². The summed E-state index contributed by atoms with van der Waals surface area (Å²) in [6.45, 7) is 1.77. The van der Waals surface area contributed by atoms with Gasteiger partial charge in [0, 0.05) is 5.69 Å². The largest absolute Gasteiger partial charge is 0.477 e. The molecule has 1 heterocycles. The number of carbonyl (C=O) groups is 1. The molecule has 1 aromatic carbocycles. The number of aromatic carboxylic acids is 1. The molecule has 18 heavy (non-hydrogen) atoms. The molecule has 2 N–H and O–H groups in total. The summed E-state index contributed by atoms with van der Waals surface area (Å²) < 4.78 is 13.2. The normalized spacial score (nSPS) is 10.1. The van der Waals surface area contributed by atoms with Crippen molar-refractivity contribution in [3.05, 3.63) is 53.5 Å². The highest BCUT2D eigenvalue weighted by Crippen LogP contribution is 2.18. The van der Waals surface area contributed by atoms with Gasteiger partial charge in [-0.25, -0.2) is 14.2 Å². The highest BCUT2D eigenvalue weighted by molar-refractivity contribution is 5.85. The summed E-state index contributed by atoms with van der Waals surface area (Å²) in [7, 11) is 0. The van der Waals surface area contributed by atoms with Gasteiger partial charge in [-0.3, -0.25) is 0 Å². The summed E-state index contributed by atoms with van der Waals surface area (Å²) in [6.07, 6.45) is 0. The Morgan fingerprint density at radius 2 is 2.11 bits per heavy atom. The molecule has 5 heteroatoms. The van der Waals surface area contributed by atoms with Gasteiger partial charge in [0.2, 0.25) is 0 Å². The van der Waals surface area contributed by atoms with Crippen molar-refractivity contribution in [3.63, 3.8) is 0 Å². The van der Waals surface area contributed by atoms with E-state index in [0.717, 1.165) is 5.56 Å². The Bertz CT molecular complexity index is 579. The number of pyridine rings is 1. The molecule has 0 aliphatic rings. The quantitative estimate of drug-likeness (QED) is 0.874. The molecular formula is C13H11FN2O2. The van der Waals surface area contributed by atoms with Crippen LogP contribution in [0.1, 0.15) is 16.1 Å². The molecule has 0 amide bonds. The van der Waals surface area contributed by atoms with Gasteiger partial charge in [-0.05, 0) is 42.8 Å². The van der Waals surface area contributed by atoms with E-state index in [-0.39, 0.29) is 11.5 Å². The van der Waals surface area contributed by atoms with Crippen molar-refractivity contribution in [2.24, 2.45) is 0 Å². The molecule has 0 aliphatic heterocycles. The van der Waals surface area contributed by atoms with Crippen LogP contribution in [0, 0.1) is 12.7 Å². The minimum Gasteiger partial charge on any atom is -0.477 e. The number of carboxylic acids is 1. The first-order valence-corrected chi connectivity index (χ1v) is 5.29. The second kappa shape index (κ2) is 4.83. The minimum atomic E-state index is -1.10. The molecule has 2 rings (SSSR count). The molecular weight excluding hydrogens is 235 g/mol. The second-order valence-corrected chi connectivity index (χ2v) is 3.86. The maximum Gasteiger partial charge on any atom is 0.354 e. The number of benzene rings is 1. The third-order valence-electron chi connectivity index (χ3n) is 2.28. The predicted molar refractivity (Wildman–Crippen MR) is 65.6 cm³/mol. The molecule has 0 fully saturated rings. The lowest BCUT2D eigenvalue weighted by Gasteiger charge is -2.07. The van der Waals surface area contributed by atoms with Crippen LogP contribution in [0.5, 0.6) is 0 Å². The number of carboxylic acid groups (broad SMARTS) is 1. The van der Waals surface area contributed by atoms with Crippen LogP contribution < -0.4 is 5.32 Å². The Morgan fingerprint density at radius 3 is 2.78 bits per heavy atom. The van der Waals surface area contributed by atoms with E-state index >= 15 is 0 Å². The number of anilines is 2. The monoisotopic (exact) mass is 246 g/mol. The Kier molecular flexibility index (Phi) is 3.23. The zero-order valence-electron chi connectivity index (χ0n) is 9.64. The molecule has 0 radical (unpaired) electrons. The number of nitrogens with one attached hydrogen (secondary N) is 1. The number of aromatic nitrogens is 1. The van der Waals surface area contributed by atoms with Crippen molar-refractivity contribution in [3.8, 4) is 0 Å². The minimum absolute atomic E-state index is 0.0619. The molecule has 92 valence electrons. The van der Waals surface area contributed by atoms with Crippen LogP contribution in [0.2, 0.25) is 0 Å². The number of hydrogen-bond donors (Lipinski definition) is 2. The zero-order valence-corrected chi connectivity index (χ0v) is 9.64. The molecule has 0 atom stereocenters. The lowest BCUT2D eigenvalue weighted by atomic mass is 10.2. The smallest absolute Gasteiger partial charge is 0.354 e. The van der Waals surface area contributed by atoms with E-state index in [0.29, 0.717) is 11.5 Å².